The van der Waals surface area contributed by atoms with E-state index in [1.165, 1.54) is 5.56 Å². The van der Waals surface area contributed by atoms with Gasteiger partial charge in [0.25, 0.3) is 0 Å². The number of hydrogen-bond acceptors (Lipinski definition) is 3. The summed E-state index contributed by atoms with van der Waals surface area (Å²) in [6.45, 7) is 0.700. The molecule has 23 heavy (non-hydrogen) atoms. The van der Waals surface area contributed by atoms with Crippen molar-refractivity contribution in [1.82, 2.24) is 15.1 Å². The molecule has 112 valence electrons. The maximum absolute atomic E-state index is 4.62. The van der Waals surface area contributed by atoms with E-state index in [1.807, 2.05) is 60.7 Å². The fourth-order valence-electron chi connectivity index (χ4n) is 2.57. The van der Waals surface area contributed by atoms with E-state index < -0.39 is 0 Å². The summed E-state index contributed by atoms with van der Waals surface area (Å²) < 4.78 is 0. The highest BCUT2D eigenvalue weighted by molar-refractivity contribution is 5.73. The number of aromatic nitrogens is 3. The van der Waals surface area contributed by atoms with Crippen molar-refractivity contribution in [2.45, 2.75) is 6.54 Å². The van der Waals surface area contributed by atoms with E-state index in [-0.39, 0.29) is 0 Å². The second-order valence-corrected chi connectivity index (χ2v) is 5.34. The standard InChI is InChI=1S/C19H16N4/c1-3-9-16(10-4-1)15-22(17-11-5-2-6-12-17)23-20-18-13-7-8-14-19(18)21-23/h1-14H,15H2/i17+1. The van der Waals surface area contributed by atoms with Crippen LogP contribution in [-0.4, -0.2) is 15.1 Å². The van der Waals surface area contributed by atoms with Crippen molar-refractivity contribution in [3.8, 4) is 0 Å². The predicted molar refractivity (Wildman–Crippen MR) is 92.0 cm³/mol. The summed E-state index contributed by atoms with van der Waals surface area (Å²) in [6, 6.07) is 28.4. The summed E-state index contributed by atoms with van der Waals surface area (Å²) in [4.78, 5) is 1.69. The van der Waals surface area contributed by atoms with E-state index in [9.17, 15) is 0 Å². The second kappa shape index (κ2) is 5.93. The average molecular weight is 301 g/mol. The first-order valence-electron chi connectivity index (χ1n) is 7.59. The van der Waals surface area contributed by atoms with E-state index in [0.29, 0.717) is 6.54 Å². The lowest BCUT2D eigenvalue weighted by Crippen LogP contribution is -2.31. The lowest BCUT2D eigenvalue weighted by Gasteiger charge is -2.22. The molecule has 1 aromatic heterocycles. The Labute approximate surface area is 134 Å². The number of fused-ring (bicyclic) bond motifs is 1. The largest absolute Gasteiger partial charge is 0.244 e. The van der Waals surface area contributed by atoms with E-state index in [0.717, 1.165) is 16.7 Å². The van der Waals surface area contributed by atoms with Gasteiger partial charge < -0.3 is 0 Å². The van der Waals surface area contributed by atoms with Gasteiger partial charge in [0.05, 0.1) is 12.2 Å². The molecule has 3 aromatic carbocycles. The minimum atomic E-state index is 0.700. The van der Waals surface area contributed by atoms with Crippen molar-refractivity contribution < 1.29 is 0 Å². The van der Waals surface area contributed by atoms with Crippen LogP contribution in [0.3, 0.4) is 0 Å². The molecule has 0 aliphatic heterocycles. The first-order chi connectivity index (χ1) is 11.4. The van der Waals surface area contributed by atoms with E-state index >= 15 is 0 Å². The molecule has 0 aliphatic rings. The van der Waals surface area contributed by atoms with Crippen molar-refractivity contribution >= 4 is 16.7 Å². The van der Waals surface area contributed by atoms with Crippen molar-refractivity contribution in [3.05, 3.63) is 90.5 Å². The molecule has 0 saturated carbocycles. The molecule has 4 nitrogen and oxygen atoms in total. The molecule has 4 rings (SSSR count). The maximum Gasteiger partial charge on any atom is 0.115 e. The molecule has 0 fully saturated rings. The van der Waals surface area contributed by atoms with Gasteiger partial charge in [0.15, 0.2) is 0 Å². The Bertz CT molecular complexity index is 867. The van der Waals surface area contributed by atoms with Gasteiger partial charge >= 0.3 is 0 Å². The van der Waals surface area contributed by atoms with Crippen LogP contribution in [0.4, 0.5) is 5.69 Å². The zero-order chi connectivity index (χ0) is 15.5. The van der Waals surface area contributed by atoms with E-state index in [2.05, 4.69) is 39.5 Å². The lowest BCUT2D eigenvalue weighted by atomic mass is 10.2. The second-order valence-electron chi connectivity index (χ2n) is 5.34. The normalized spacial score (nSPS) is 10.8. The van der Waals surface area contributed by atoms with E-state index in [1.54, 1.807) is 4.91 Å². The van der Waals surface area contributed by atoms with Crippen molar-refractivity contribution in [2.75, 3.05) is 5.01 Å². The highest BCUT2D eigenvalue weighted by Gasteiger charge is 2.12. The third-order valence-corrected chi connectivity index (χ3v) is 3.72. The third-order valence-electron chi connectivity index (χ3n) is 3.72. The van der Waals surface area contributed by atoms with Crippen LogP contribution < -0.4 is 5.01 Å². The van der Waals surface area contributed by atoms with Gasteiger partial charge in [0.2, 0.25) is 0 Å². The van der Waals surface area contributed by atoms with Crippen molar-refractivity contribution in [1.29, 1.82) is 0 Å². The van der Waals surface area contributed by atoms with Gasteiger partial charge in [-0.3, -0.25) is 0 Å². The fourth-order valence-corrected chi connectivity index (χ4v) is 2.57. The fraction of sp³-hybridized carbons (Fsp3) is 0.0526. The highest BCUT2D eigenvalue weighted by Crippen LogP contribution is 2.18. The summed E-state index contributed by atoms with van der Waals surface area (Å²) in [6.07, 6.45) is 0. The highest BCUT2D eigenvalue weighted by atomic mass is 15.8. The Morgan fingerprint density at radius 2 is 1.17 bits per heavy atom. The number of anilines is 1. The van der Waals surface area contributed by atoms with Crippen LogP contribution in [0.15, 0.2) is 84.9 Å². The summed E-state index contributed by atoms with van der Waals surface area (Å²) in [5.74, 6) is 0. The minimum absolute atomic E-state index is 0.700. The molecule has 0 N–H and O–H groups in total. The van der Waals surface area contributed by atoms with Gasteiger partial charge in [0.1, 0.15) is 11.0 Å². The Morgan fingerprint density at radius 3 is 1.78 bits per heavy atom. The van der Waals surface area contributed by atoms with E-state index in [4.69, 9.17) is 0 Å². The Hall–Kier alpha value is -3.14. The van der Waals surface area contributed by atoms with Gasteiger partial charge in [-0.25, -0.2) is 5.01 Å². The quantitative estimate of drug-likeness (QED) is 0.573. The first-order valence-corrected chi connectivity index (χ1v) is 7.59. The van der Waals surface area contributed by atoms with Crippen LogP contribution in [0.2, 0.25) is 0 Å². The predicted octanol–water partition coefficient (Wildman–Crippen LogP) is 3.90. The zero-order valence-corrected chi connectivity index (χ0v) is 12.6. The number of rotatable bonds is 4. The molecular weight excluding hydrogens is 285 g/mol. The summed E-state index contributed by atoms with van der Waals surface area (Å²) in [5.41, 5.74) is 4.04. The molecule has 0 atom stereocenters. The average Bonchev–Trinajstić information content (AvgIpc) is 3.05. The van der Waals surface area contributed by atoms with Crippen LogP contribution in [0, 0.1) is 0 Å². The molecule has 4 heteroatoms. The van der Waals surface area contributed by atoms with Crippen LogP contribution in [0.1, 0.15) is 5.56 Å². The van der Waals surface area contributed by atoms with Gasteiger partial charge in [-0.2, -0.15) is 0 Å². The monoisotopic (exact) mass is 301 g/mol. The molecule has 4 aromatic rings. The molecule has 0 unspecified atom stereocenters. The number of hydrogen-bond donors (Lipinski definition) is 0. The van der Waals surface area contributed by atoms with Gasteiger partial charge in [-0.1, -0.05) is 65.6 Å². The van der Waals surface area contributed by atoms with Crippen LogP contribution in [-0.2, 0) is 6.54 Å². The smallest absolute Gasteiger partial charge is 0.115 e. The zero-order valence-electron chi connectivity index (χ0n) is 12.6. The molecule has 0 spiro atoms. The van der Waals surface area contributed by atoms with Crippen LogP contribution in [0.25, 0.3) is 11.0 Å². The van der Waals surface area contributed by atoms with Crippen LogP contribution in [0.5, 0.6) is 0 Å². The molecule has 0 saturated heterocycles. The molecule has 1 heterocycles. The number of para-hydroxylation sites is 1. The molecular formula is C19H16N4. The first kappa shape index (κ1) is 13.5. The van der Waals surface area contributed by atoms with Crippen molar-refractivity contribution in [3.63, 3.8) is 0 Å². The molecule has 0 radical (unpaired) electrons. The van der Waals surface area contributed by atoms with Crippen molar-refractivity contribution in [2.24, 2.45) is 0 Å². The summed E-state index contributed by atoms with van der Waals surface area (Å²) in [5, 5.41) is 11.3. The molecule has 0 aliphatic carbocycles. The van der Waals surface area contributed by atoms with Crippen LogP contribution >= 0.6 is 0 Å². The minimum Gasteiger partial charge on any atom is -0.244 e. The Morgan fingerprint density at radius 1 is 0.652 bits per heavy atom. The number of benzene rings is 3. The SMILES string of the molecule is c1ccc(CN([13c]2ccccc2)n2nc3ccccc3n2)cc1. The molecule has 0 amide bonds. The topological polar surface area (TPSA) is 34.0 Å². The summed E-state index contributed by atoms with van der Waals surface area (Å²) in [7, 11) is 0. The maximum atomic E-state index is 4.62. The third kappa shape index (κ3) is 2.79. The Kier molecular flexibility index (Phi) is 3.48. The Balaban J connectivity index is 1.78. The number of nitrogens with zero attached hydrogens (tertiary/aromatic N) is 4. The molecule has 0 bridgehead atoms. The summed E-state index contributed by atoms with van der Waals surface area (Å²) >= 11 is 0. The van der Waals surface area contributed by atoms with Gasteiger partial charge in [-0.05, 0) is 29.8 Å². The lowest BCUT2D eigenvalue weighted by molar-refractivity contribution is 0.544. The van der Waals surface area contributed by atoms with Gasteiger partial charge in [0, 0.05) is 0 Å². The van der Waals surface area contributed by atoms with Gasteiger partial charge in [-0.15, -0.1) is 10.2 Å².